The lowest BCUT2D eigenvalue weighted by atomic mass is 9.79. The van der Waals surface area contributed by atoms with Crippen LogP contribution in [0.5, 0.6) is 0 Å². The molecule has 21 heavy (non-hydrogen) atoms. The number of halogens is 1. The van der Waals surface area contributed by atoms with Crippen molar-refractivity contribution in [2.24, 2.45) is 0 Å². The van der Waals surface area contributed by atoms with Gasteiger partial charge in [-0.1, -0.05) is 43.0 Å². The van der Waals surface area contributed by atoms with Crippen molar-refractivity contribution in [3.8, 4) is 0 Å². The Morgan fingerprint density at radius 2 is 2.00 bits per heavy atom. The number of nitrogens with zero attached hydrogens (tertiary/aromatic N) is 1. The van der Waals surface area contributed by atoms with Gasteiger partial charge in [-0.05, 0) is 58.0 Å². The second-order valence-corrected chi connectivity index (χ2v) is 6.99. The summed E-state index contributed by atoms with van der Waals surface area (Å²) in [5.74, 6) is 0. The maximum atomic E-state index is 6.11. The molecule has 1 N–H and O–H groups in total. The maximum absolute atomic E-state index is 6.11. The number of benzene rings is 1. The van der Waals surface area contributed by atoms with Crippen molar-refractivity contribution < 1.29 is 0 Å². The Balaban J connectivity index is 1.92. The molecule has 0 aliphatic heterocycles. The van der Waals surface area contributed by atoms with Crippen molar-refractivity contribution >= 4 is 11.6 Å². The molecule has 0 spiro atoms. The SMILES string of the molecule is CNC1(CCN(C)C(C)c2cccc(Cl)c2)CCCCC1. The highest BCUT2D eigenvalue weighted by atomic mass is 35.5. The van der Waals surface area contributed by atoms with Crippen molar-refractivity contribution in [2.45, 2.75) is 57.0 Å². The first-order chi connectivity index (χ1) is 10.1. The molecular weight excluding hydrogens is 280 g/mol. The third-order valence-electron chi connectivity index (χ3n) is 5.28. The van der Waals surface area contributed by atoms with E-state index in [1.807, 2.05) is 12.1 Å². The first-order valence-electron chi connectivity index (χ1n) is 8.21. The van der Waals surface area contributed by atoms with Crippen LogP contribution in [0.25, 0.3) is 0 Å². The standard InChI is InChI=1S/C18H29ClN2/c1-15(16-8-7-9-17(19)14-16)21(3)13-12-18(20-2)10-5-4-6-11-18/h7-9,14-15,20H,4-6,10-13H2,1-3H3. The monoisotopic (exact) mass is 308 g/mol. The van der Waals surface area contributed by atoms with Gasteiger partial charge in [0.15, 0.2) is 0 Å². The third-order valence-corrected chi connectivity index (χ3v) is 5.51. The van der Waals surface area contributed by atoms with Gasteiger partial charge in [-0.2, -0.15) is 0 Å². The van der Waals surface area contributed by atoms with Gasteiger partial charge in [0, 0.05) is 23.1 Å². The van der Waals surface area contributed by atoms with Crippen molar-refractivity contribution in [3.05, 3.63) is 34.9 Å². The minimum Gasteiger partial charge on any atom is -0.314 e. The number of hydrogen-bond acceptors (Lipinski definition) is 2. The Labute approximate surface area is 134 Å². The summed E-state index contributed by atoms with van der Waals surface area (Å²) >= 11 is 6.11. The average Bonchev–Trinajstić information content (AvgIpc) is 2.53. The largest absolute Gasteiger partial charge is 0.314 e. The Kier molecular flexibility index (Phi) is 6.09. The molecule has 1 atom stereocenters. The smallest absolute Gasteiger partial charge is 0.0409 e. The molecule has 1 aromatic carbocycles. The molecule has 3 heteroatoms. The normalized spacial score (nSPS) is 19.7. The molecule has 1 unspecified atom stereocenters. The molecule has 1 aliphatic rings. The zero-order chi connectivity index (χ0) is 15.3. The van der Waals surface area contributed by atoms with Crippen LogP contribution in [0.1, 0.15) is 57.1 Å². The van der Waals surface area contributed by atoms with E-state index in [4.69, 9.17) is 11.6 Å². The van der Waals surface area contributed by atoms with E-state index in [2.05, 4.69) is 43.4 Å². The average molecular weight is 309 g/mol. The van der Waals surface area contributed by atoms with Gasteiger partial charge in [0.05, 0.1) is 0 Å². The fraction of sp³-hybridized carbons (Fsp3) is 0.667. The first kappa shape index (κ1) is 16.8. The molecule has 1 aromatic rings. The van der Waals surface area contributed by atoms with Gasteiger partial charge in [0.1, 0.15) is 0 Å². The van der Waals surface area contributed by atoms with Crippen LogP contribution in [-0.2, 0) is 0 Å². The summed E-state index contributed by atoms with van der Waals surface area (Å²) in [6.07, 6.45) is 8.01. The van der Waals surface area contributed by atoms with Gasteiger partial charge in [-0.3, -0.25) is 4.90 Å². The summed E-state index contributed by atoms with van der Waals surface area (Å²) < 4.78 is 0. The topological polar surface area (TPSA) is 15.3 Å². The van der Waals surface area contributed by atoms with Gasteiger partial charge in [0.2, 0.25) is 0 Å². The molecule has 0 heterocycles. The van der Waals surface area contributed by atoms with Gasteiger partial charge < -0.3 is 5.32 Å². The van der Waals surface area contributed by atoms with Crippen molar-refractivity contribution in [1.29, 1.82) is 0 Å². The molecule has 118 valence electrons. The number of rotatable bonds is 6. The lowest BCUT2D eigenvalue weighted by Gasteiger charge is -2.39. The van der Waals surface area contributed by atoms with Gasteiger partial charge in [-0.15, -0.1) is 0 Å². The van der Waals surface area contributed by atoms with E-state index in [9.17, 15) is 0 Å². The Bertz CT molecular complexity index is 441. The molecule has 1 aliphatic carbocycles. The predicted molar refractivity (Wildman–Crippen MR) is 92.0 cm³/mol. The summed E-state index contributed by atoms with van der Waals surface area (Å²) in [5.41, 5.74) is 1.66. The fourth-order valence-electron chi connectivity index (χ4n) is 3.46. The van der Waals surface area contributed by atoms with Crippen LogP contribution in [0, 0.1) is 0 Å². The molecule has 1 fully saturated rings. The van der Waals surface area contributed by atoms with Crippen molar-refractivity contribution in [3.63, 3.8) is 0 Å². The van der Waals surface area contributed by atoms with Crippen LogP contribution < -0.4 is 5.32 Å². The van der Waals surface area contributed by atoms with E-state index >= 15 is 0 Å². The summed E-state index contributed by atoms with van der Waals surface area (Å²) in [7, 11) is 4.35. The molecule has 0 bridgehead atoms. The van der Waals surface area contributed by atoms with E-state index in [0.717, 1.165) is 11.6 Å². The van der Waals surface area contributed by atoms with Crippen molar-refractivity contribution in [2.75, 3.05) is 20.6 Å². The molecule has 2 nitrogen and oxygen atoms in total. The quantitative estimate of drug-likeness (QED) is 0.823. The van der Waals surface area contributed by atoms with Gasteiger partial charge in [0.25, 0.3) is 0 Å². The highest BCUT2D eigenvalue weighted by molar-refractivity contribution is 6.30. The molecule has 0 saturated heterocycles. The summed E-state index contributed by atoms with van der Waals surface area (Å²) in [5, 5.41) is 4.44. The van der Waals surface area contributed by atoms with Gasteiger partial charge in [-0.25, -0.2) is 0 Å². The number of nitrogens with one attached hydrogen (secondary N) is 1. The van der Waals surface area contributed by atoms with E-state index in [-0.39, 0.29) is 0 Å². The summed E-state index contributed by atoms with van der Waals surface area (Å²) in [6.45, 7) is 3.38. The fourth-order valence-corrected chi connectivity index (χ4v) is 3.66. The zero-order valence-electron chi connectivity index (χ0n) is 13.7. The van der Waals surface area contributed by atoms with Crippen LogP contribution in [-0.4, -0.2) is 31.1 Å². The minimum absolute atomic E-state index is 0.362. The van der Waals surface area contributed by atoms with Crippen molar-refractivity contribution in [1.82, 2.24) is 10.2 Å². The van der Waals surface area contributed by atoms with Crippen LogP contribution in [0.3, 0.4) is 0 Å². The molecule has 0 aromatic heterocycles. The van der Waals surface area contributed by atoms with E-state index in [1.165, 1.54) is 44.1 Å². The maximum Gasteiger partial charge on any atom is 0.0409 e. The van der Waals surface area contributed by atoms with Crippen LogP contribution in [0.4, 0.5) is 0 Å². The van der Waals surface area contributed by atoms with Crippen LogP contribution in [0.15, 0.2) is 24.3 Å². The molecule has 2 rings (SSSR count). The van der Waals surface area contributed by atoms with E-state index in [0.29, 0.717) is 11.6 Å². The Morgan fingerprint density at radius 1 is 1.29 bits per heavy atom. The first-order valence-corrected chi connectivity index (χ1v) is 8.59. The Morgan fingerprint density at radius 3 is 2.62 bits per heavy atom. The minimum atomic E-state index is 0.362. The highest BCUT2D eigenvalue weighted by Crippen LogP contribution is 2.31. The lowest BCUT2D eigenvalue weighted by Crippen LogP contribution is -2.46. The predicted octanol–water partition coefficient (Wildman–Crippen LogP) is 4.65. The highest BCUT2D eigenvalue weighted by Gasteiger charge is 2.30. The van der Waals surface area contributed by atoms with E-state index < -0.39 is 0 Å². The number of hydrogen-bond donors (Lipinski definition) is 1. The zero-order valence-corrected chi connectivity index (χ0v) is 14.4. The van der Waals surface area contributed by atoms with Crippen LogP contribution >= 0.6 is 11.6 Å². The summed E-state index contributed by atoms with van der Waals surface area (Å²) in [6, 6.07) is 8.63. The van der Waals surface area contributed by atoms with Gasteiger partial charge >= 0.3 is 0 Å². The summed E-state index contributed by atoms with van der Waals surface area (Å²) in [4.78, 5) is 2.44. The second kappa shape index (κ2) is 7.62. The molecule has 1 saturated carbocycles. The van der Waals surface area contributed by atoms with Crippen LogP contribution in [0.2, 0.25) is 5.02 Å². The third kappa shape index (κ3) is 4.45. The second-order valence-electron chi connectivity index (χ2n) is 6.55. The molecule has 0 radical (unpaired) electrons. The molecular formula is C18H29ClN2. The lowest BCUT2D eigenvalue weighted by molar-refractivity contribution is 0.177. The van der Waals surface area contributed by atoms with E-state index in [1.54, 1.807) is 0 Å². The Hall–Kier alpha value is -0.570. The molecule has 0 amide bonds.